The molecule has 0 aliphatic carbocycles. The van der Waals surface area contributed by atoms with E-state index in [2.05, 4.69) is 43.4 Å². The van der Waals surface area contributed by atoms with Gasteiger partial charge in [-0.2, -0.15) is 0 Å². The first-order chi connectivity index (χ1) is 8.93. The monoisotopic (exact) mass is 263 g/mol. The number of aliphatic hydroxyl groups is 1. The van der Waals surface area contributed by atoms with Crippen LogP contribution < -0.4 is 5.32 Å². The normalized spacial score (nSPS) is 14.2. The van der Waals surface area contributed by atoms with Gasteiger partial charge in [0.15, 0.2) is 0 Å². The molecule has 3 heteroatoms. The van der Waals surface area contributed by atoms with Gasteiger partial charge >= 0.3 is 0 Å². The van der Waals surface area contributed by atoms with Crippen LogP contribution in [0.5, 0.6) is 0 Å². The van der Waals surface area contributed by atoms with E-state index in [0.29, 0.717) is 12.3 Å². The molecule has 1 amide bonds. The van der Waals surface area contributed by atoms with Crippen LogP contribution in [0.4, 0.5) is 0 Å². The number of hydrogen-bond acceptors (Lipinski definition) is 2. The second-order valence-corrected chi connectivity index (χ2v) is 5.58. The van der Waals surface area contributed by atoms with E-state index in [9.17, 15) is 4.79 Å². The number of hydrogen-bond donors (Lipinski definition) is 2. The molecule has 2 atom stereocenters. The number of rotatable bonds is 6. The lowest BCUT2D eigenvalue weighted by Gasteiger charge is -2.15. The standard InChI is InChI=1S/C16H25NO2/c1-11(2)14-5-7-15(8-6-14)12(3)9-16(19)17-13(4)10-18/h5-8,11-13,18H,9-10H2,1-4H3,(H,17,19). The Morgan fingerprint density at radius 3 is 2.11 bits per heavy atom. The Hall–Kier alpha value is -1.35. The first-order valence-electron chi connectivity index (χ1n) is 6.94. The van der Waals surface area contributed by atoms with Crippen LogP contribution in [-0.4, -0.2) is 23.7 Å². The largest absolute Gasteiger partial charge is 0.394 e. The predicted octanol–water partition coefficient (Wildman–Crippen LogP) is 2.80. The van der Waals surface area contributed by atoms with E-state index >= 15 is 0 Å². The Labute approximate surface area is 116 Å². The third-order valence-electron chi connectivity index (χ3n) is 3.34. The highest BCUT2D eigenvalue weighted by Crippen LogP contribution is 2.22. The first kappa shape index (κ1) is 15.7. The molecule has 0 bridgehead atoms. The maximum Gasteiger partial charge on any atom is 0.220 e. The molecule has 0 radical (unpaired) electrons. The summed E-state index contributed by atoms with van der Waals surface area (Å²) in [4.78, 5) is 11.7. The molecule has 0 fully saturated rings. The second kappa shape index (κ2) is 7.29. The van der Waals surface area contributed by atoms with Crippen molar-refractivity contribution in [2.75, 3.05) is 6.61 Å². The Morgan fingerprint density at radius 2 is 1.63 bits per heavy atom. The van der Waals surface area contributed by atoms with Gasteiger partial charge in [0.1, 0.15) is 0 Å². The maximum atomic E-state index is 11.7. The average molecular weight is 263 g/mol. The highest BCUT2D eigenvalue weighted by Gasteiger charge is 2.13. The Kier molecular flexibility index (Phi) is 6.03. The van der Waals surface area contributed by atoms with Crippen LogP contribution in [0, 0.1) is 0 Å². The molecule has 0 aliphatic heterocycles. The molecule has 1 aromatic rings. The van der Waals surface area contributed by atoms with Crippen molar-refractivity contribution in [1.29, 1.82) is 0 Å². The number of amides is 1. The maximum absolute atomic E-state index is 11.7. The van der Waals surface area contributed by atoms with E-state index in [1.807, 2.05) is 6.92 Å². The van der Waals surface area contributed by atoms with Gasteiger partial charge in [0.05, 0.1) is 6.61 Å². The Balaban J connectivity index is 2.57. The second-order valence-electron chi connectivity index (χ2n) is 5.58. The van der Waals surface area contributed by atoms with Crippen LogP contribution in [0.25, 0.3) is 0 Å². The molecule has 2 unspecified atom stereocenters. The van der Waals surface area contributed by atoms with Crippen molar-refractivity contribution >= 4 is 5.91 Å². The van der Waals surface area contributed by atoms with E-state index in [4.69, 9.17) is 5.11 Å². The first-order valence-corrected chi connectivity index (χ1v) is 6.94. The smallest absolute Gasteiger partial charge is 0.220 e. The summed E-state index contributed by atoms with van der Waals surface area (Å²) in [5.74, 6) is 0.701. The summed E-state index contributed by atoms with van der Waals surface area (Å²) < 4.78 is 0. The van der Waals surface area contributed by atoms with E-state index in [0.717, 1.165) is 0 Å². The number of carbonyl (C=O) groups excluding carboxylic acids is 1. The van der Waals surface area contributed by atoms with Gasteiger partial charge in [0, 0.05) is 12.5 Å². The van der Waals surface area contributed by atoms with Crippen LogP contribution in [-0.2, 0) is 4.79 Å². The van der Waals surface area contributed by atoms with Crippen molar-refractivity contribution in [3.8, 4) is 0 Å². The van der Waals surface area contributed by atoms with Crippen molar-refractivity contribution in [2.24, 2.45) is 0 Å². The molecule has 19 heavy (non-hydrogen) atoms. The Morgan fingerprint density at radius 1 is 1.11 bits per heavy atom. The van der Waals surface area contributed by atoms with E-state index in [1.165, 1.54) is 11.1 Å². The van der Waals surface area contributed by atoms with Crippen molar-refractivity contribution in [2.45, 2.75) is 52.0 Å². The molecular formula is C16H25NO2. The highest BCUT2D eigenvalue weighted by atomic mass is 16.3. The quantitative estimate of drug-likeness (QED) is 0.829. The summed E-state index contributed by atoms with van der Waals surface area (Å²) in [6.07, 6.45) is 0.450. The molecule has 0 spiro atoms. The molecule has 0 aliphatic rings. The average Bonchev–Trinajstić information content (AvgIpc) is 2.38. The van der Waals surface area contributed by atoms with Crippen molar-refractivity contribution in [3.05, 3.63) is 35.4 Å². The van der Waals surface area contributed by atoms with Crippen LogP contribution in [0.15, 0.2) is 24.3 Å². The number of aliphatic hydroxyl groups excluding tert-OH is 1. The summed E-state index contributed by atoms with van der Waals surface area (Å²) in [7, 11) is 0. The summed E-state index contributed by atoms with van der Waals surface area (Å²) in [6.45, 7) is 8.15. The van der Waals surface area contributed by atoms with Crippen LogP contribution in [0.3, 0.4) is 0 Å². The van der Waals surface area contributed by atoms with Gasteiger partial charge in [-0.15, -0.1) is 0 Å². The summed E-state index contributed by atoms with van der Waals surface area (Å²) in [5.41, 5.74) is 2.49. The molecule has 0 saturated heterocycles. The minimum Gasteiger partial charge on any atom is -0.394 e. The Bertz CT molecular complexity index is 398. The SMILES string of the molecule is CC(CO)NC(=O)CC(C)c1ccc(C(C)C)cc1. The summed E-state index contributed by atoms with van der Waals surface area (Å²) in [6, 6.07) is 8.28. The zero-order valence-corrected chi connectivity index (χ0v) is 12.3. The van der Waals surface area contributed by atoms with Gasteiger partial charge < -0.3 is 10.4 Å². The van der Waals surface area contributed by atoms with Gasteiger partial charge in [-0.3, -0.25) is 4.79 Å². The van der Waals surface area contributed by atoms with E-state index in [1.54, 1.807) is 6.92 Å². The van der Waals surface area contributed by atoms with Gasteiger partial charge in [0.25, 0.3) is 0 Å². The molecule has 2 N–H and O–H groups in total. The molecule has 0 aromatic heterocycles. The zero-order chi connectivity index (χ0) is 14.4. The topological polar surface area (TPSA) is 49.3 Å². The van der Waals surface area contributed by atoms with Crippen molar-refractivity contribution < 1.29 is 9.90 Å². The van der Waals surface area contributed by atoms with E-state index < -0.39 is 0 Å². The predicted molar refractivity (Wildman–Crippen MR) is 78.3 cm³/mol. The lowest BCUT2D eigenvalue weighted by atomic mass is 9.94. The van der Waals surface area contributed by atoms with Gasteiger partial charge in [0.2, 0.25) is 5.91 Å². The molecule has 0 heterocycles. The van der Waals surface area contributed by atoms with Crippen LogP contribution >= 0.6 is 0 Å². The fourth-order valence-corrected chi connectivity index (χ4v) is 1.98. The van der Waals surface area contributed by atoms with Crippen molar-refractivity contribution in [3.63, 3.8) is 0 Å². The lowest BCUT2D eigenvalue weighted by Crippen LogP contribution is -2.35. The number of carbonyl (C=O) groups is 1. The summed E-state index contributed by atoms with van der Waals surface area (Å²) >= 11 is 0. The number of nitrogens with one attached hydrogen (secondary N) is 1. The molecule has 1 rings (SSSR count). The molecular weight excluding hydrogens is 238 g/mol. The molecule has 3 nitrogen and oxygen atoms in total. The van der Waals surface area contributed by atoms with Gasteiger partial charge in [-0.05, 0) is 29.9 Å². The highest BCUT2D eigenvalue weighted by molar-refractivity contribution is 5.77. The van der Waals surface area contributed by atoms with Gasteiger partial charge in [-0.1, -0.05) is 45.0 Å². The minimum atomic E-state index is -0.178. The third-order valence-corrected chi connectivity index (χ3v) is 3.34. The molecule has 1 aromatic carbocycles. The zero-order valence-electron chi connectivity index (χ0n) is 12.3. The van der Waals surface area contributed by atoms with Crippen molar-refractivity contribution in [1.82, 2.24) is 5.32 Å². The molecule has 0 saturated carbocycles. The van der Waals surface area contributed by atoms with Gasteiger partial charge in [-0.25, -0.2) is 0 Å². The number of benzene rings is 1. The molecule has 106 valence electrons. The van der Waals surface area contributed by atoms with Crippen LogP contribution in [0.1, 0.15) is 57.1 Å². The summed E-state index contributed by atoms with van der Waals surface area (Å²) in [5, 5.41) is 11.7. The fourth-order valence-electron chi connectivity index (χ4n) is 1.98. The van der Waals surface area contributed by atoms with E-state index in [-0.39, 0.29) is 24.5 Å². The minimum absolute atomic E-state index is 0.0120. The third kappa shape index (κ3) is 5.03. The fraction of sp³-hybridized carbons (Fsp3) is 0.562. The van der Waals surface area contributed by atoms with Crippen LogP contribution in [0.2, 0.25) is 0 Å². The lowest BCUT2D eigenvalue weighted by molar-refractivity contribution is -0.122.